The molecule has 4 aromatic carbocycles. The van der Waals surface area contributed by atoms with E-state index in [1.54, 1.807) is 84.9 Å². The quantitative estimate of drug-likeness (QED) is 0.0913. The Morgan fingerprint density at radius 2 is 1.28 bits per heavy atom. The molecular weight excluding hydrogens is 627 g/mol. The van der Waals surface area contributed by atoms with Crippen LogP contribution in [0.5, 0.6) is 11.5 Å². The first-order valence-electron chi connectivity index (χ1n) is 14.5. The van der Waals surface area contributed by atoms with Gasteiger partial charge in [-0.1, -0.05) is 92.7 Å². The zero-order chi connectivity index (χ0) is 32.2. The fraction of sp³-hybridized carbons (Fsp3) is 0.206. The van der Waals surface area contributed by atoms with E-state index in [0.29, 0.717) is 11.1 Å². The minimum atomic E-state index is -4.29. The van der Waals surface area contributed by atoms with Crippen molar-refractivity contribution in [3.63, 3.8) is 0 Å². The number of para-hydroxylation sites is 2. The van der Waals surface area contributed by atoms with Crippen LogP contribution >= 0.6 is 7.60 Å². The van der Waals surface area contributed by atoms with Crippen molar-refractivity contribution in [2.24, 2.45) is 11.7 Å². The number of nitrogens with two attached hydrogens (primary N) is 2. The highest BCUT2D eigenvalue weighted by molar-refractivity contribution is 7.55. The van der Waals surface area contributed by atoms with E-state index >= 15 is 0 Å². The molecule has 0 radical (unpaired) electrons. The van der Waals surface area contributed by atoms with E-state index in [-0.39, 0.29) is 48.7 Å². The van der Waals surface area contributed by atoms with Gasteiger partial charge in [-0.15, -0.1) is 0 Å². The minimum Gasteiger partial charge on any atom is -1.00 e. The molecule has 4 aromatic rings. The summed E-state index contributed by atoms with van der Waals surface area (Å²) in [6.45, 7) is 3.87. The van der Waals surface area contributed by atoms with Crippen LogP contribution in [0.3, 0.4) is 0 Å². The zero-order valence-electron chi connectivity index (χ0n) is 25.5. The first-order valence-corrected chi connectivity index (χ1v) is 16.1. The SMILES string of the molecule is CC(C)C[C@H](NC(=O)OCc1ccccc1)C(=O)NC(c1ccc(C(N)=[NH2+])cc1)P(=O)(Oc1ccccc1)Oc1ccccc1.[Cl-]. The number of ether oxygens (including phenoxy) is 1. The van der Waals surface area contributed by atoms with Gasteiger partial charge in [-0.2, -0.15) is 0 Å². The normalized spacial score (nSPS) is 12.2. The monoisotopic (exact) mass is 664 g/mol. The summed E-state index contributed by atoms with van der Waals surface area (Å²) in [6, 6.07) is 31.8. The lowest BCUT2D eigenvalue weighted by atomic mass is 10.0. The summed E-state index contributed by atoms with van der Waals surface area (Å²) in [6.07, 6.45) is -0.487. The Balaban J connectivity index is 0.00000576. The summed E-state index contributed by atoms with van der Waals surface area (Å²) in [4.78, 5) is 26.7. The number of hydrogen-bond acceptors (Lipinski definition) is 6. The molecule has 0 heterocycles. The fourth-order valence-electron chi connectivity index (χ4n) is 4.43. The Morgan fingerprint density at radius 3 is 1.76 bits per heavy atom. The van der Waals surface area contributed by atoms with E-state index < -0.39 is 31.4 Å². The van der Waals surface area contributed by atoms with Gasteiger partial charge in [0.15, 0.2) is 5.78 Å². The Morgan fingerprint density at radius 1 is 0.783 bits per heavy atom. The third kappa shape index (κ3) is 10.4. The summed E-state index contributed by atoms with van der Waals surface area (Å²) in [5, 5.41) is 11.3. The lowest BCUT2D eigenvalue weighted by molar-refractivity contribution is -0.123. The molecule has 0 aliphatic carbocycles. The smallest absolute Gasteiger partial charge is 0.457 e. The number of carbonyl (C=O) groups excluding carboxylic acids is 2. The van der Waals surface area contributed by atoms with Crippen LogP contribution in [0.25, 0.3) is 0 Å². The van der Waals surface area contributed by atoms with Crippen molar-refractivity contribution in [3.05, 3.63) is 132 Å². The maximum Gasteiger partial charge on any atom is 0.457 e. The predicted octanol–water partition coefficient (Wildman–Crippen LogP) is 1.96. The number of amidine groups is 1. The van der Waals surface area contributed by atoms with Crippen molar-refractivity contribution >= 4 is 25.4 Å². The Bertz CT molecular complexity index is 1560. The zero-order valence-corrected chi connectivity index (χ0v) is 27.2. The van der Waals surface area contributed by atoms with E-state index in [4.69, 9.17) is 24.9 Å². The van der Waals surface area contributed by atoms with Gasteiger partial charge < -0.3 is 36.8 Å². The largest absolute Gasteiger partial charge is 1.00 e. The van der Waals surface area contributed by atoms with Crippen LogP contribution in [0.2, 0.25) is 0 Å². The summed E-state index contributed by atoms with van der Waals surface area (Å²) in [7, 11) is -4.29. The number of hydrogen-bond donors (Lipinski definition) is 4. The van der Waals surface area contributed by atoms with Gasteiger partial charge in [0.25, 0.3) is 5.84 Å². The Kier molecular flexibility index (Phi) is 13.2. The lowest BCUT2D eigenvalue weighted by Crippen LogP contribution is -3.00. The molecule has 2 atom stereocenters. The highest BCUT2D eigenvalue weighted by Crippen LogP contribution is 2.59. The molecule has 0 aliphatic rings. The van der Waals surface area contributed by atoms with Gasteiger partial charge in [0, 0.05) is 0 Å². The first-order chi connectivity index (χ1) is 21.6. The van der Waals surface area contributed by atoms with Gasteiger partial charge in [-0.3, -0.25) is 15.9 Å². The van der Waals surface area contributed by atoms with Crippen molar-refractivity contribution in [2.45, 2.75) is 38.7 Å². The van der Waals surface area contributed by atoms with Gasteiger partial charge in [0.2, 0.25) is 5.91 Å². The van der Waals surface area contributed by atoms with E-state index in [0.717, 1.165) is 5.56 Å². The topological polar surface area (TPSA) is 155 Å². The maximum absolute atomic E-state index is 14.9. The number of benzene rings is 4. The highest BCUT2D eigenvalue weighted by Gasteiger charge is 2.43. The summed E-state index contributed by atoms with van der Waals surface area (Å²) in [5.41, 5.74) is 7.52. The Labute approximate surface area is 275 Å². The van der Waals surface area contributed by atoms with Gasteiger partial charge >= 0.3 is 13.7 Å². The number of carbonyl (C=O) groups is 2. The average Bonchev–Trinajstić information content (AvgIpc) is 3.03. The molecule has 10 nitrogen and oxygen atoms in total. The van der Waals surface area contributed by atoms with Crippen LogP contribution in [0, 0.1) is 5.92 Å². The maximum atomic E-state index is 14.9. The molecule has 242 valence electrons. The van der Waals surface area contributed by atoms with Crippen molar-refractivity contribution in [1.82, 2.24) is 10.6 Å². The number of nitrogens with one attached hydrogen (secondary N) is 2. The average molecular weight is 665 g/mol. The van der Waals surface area contributed by atoms with E-state index in [9.17, 15) is 14.2 Å². The molecule has 12 heteroatoms. The molecule has 1 unspecified atom stereocenters. The molecule has 0 fully saturated rings. The predicted molar refractivity (Wildman–Crippen MR) is 172 cm³/mol. The van der Waals surface area contributed by atoms with Crippen LogP contribution in [0.4, 0.5) is 4.79 Å². The molecular formula is C34H38ClN4O6P. The van der Waals surface area contributed by atoms with Gasteiger partial charge in [0.05, 0.1) is 5.56 Å². The Hall–Kier alpha value is -4.79. The molecule has 6 N–H and O–H groups in total. The molecule has 0 saturated heterocycles. The third-order valence-corrected chi connectivity index (χ3v) is 8.63. The number of alkyl carbamates (subject to hydrolysis) is 1. The van der Waals surface area contributed by atoms with Gasteiger partial charge in [0.1, 0.15) is 24.1 Å². The fourth-order valence-corrected chi connectivity index (χ4v) is 6.33. The molecule has 0 spiro atoms. The second kappa shape index (κ2) is 17.1. The van der Waals surface area contributed by atoms with Crippen LogP contribution < -0.4 is 43.2 Å². The van der Waals surface area contributed by atoms with Crippen molar-refractivity contribution in [3.8, 4) is 11.5 Å². The standard InChI is InChI=1S/C34H37N4O6P.ClH/c1-24(2)22-30(37-34(40)42-23-25-12-6-3-7-13-25)32(39)38-33(27-20-18-26(19-21-27)31(35)36)45(41,43-28-14-8-4-9-15-28)44-29-16-10-5-11-17-29;/h3-21,24,30,33H,22-23H2,1-2H3,(H3,35,36)(H,37,40)(H,38,39);1H/t30-,33?;/m0./s1. The van der Waals surface area contributed by atoms with E-state index in [1.165, 1.54) is 0 Å². The molecule has 2 amide bonds. The second-order valence-corrected chi connectivity index (χ2v) is 12.7. The molecule has 0 saturated carbocycles. The first kappa shape index (κ1) is 35.7. The van der Waals surface area contributed by atoms with E-state index in [1.807, 2.05) is 44.2 Å². The van der Waals surface area contributed by atoms with Crippen LogP contribution in [-0.2, 0) is 20.7 Å². The summed E-state index contributed by atoms with van der Waals surface area (Å²) < 4.78 is 32.5. The highest BCUT2D eigenvalue weighted by atomic mass is 35.5. The van der Waals surface area contributed by atoms with Gasteiger partial charge in [-0.05, 0) is 59.9 Å². The summed E-state index contributed by atoms with van der Waals surface area (Å²) in [5.74, 6) is -1.25. The summed E-state index contributed by atoms with van der Waals surface area (Å²) >= 11 is 0. The van der Waals surface area contributed by atoms with Crippen LogP contribution in [0.15, 0.2) is 115 Å². The molecule has 0 aliphatic heterocycles. The number of rotatable bonds is 14. The van der Waals surface area contributed by atoms with E-state index in [2.05, 4.69) is 10.6 Å². The van der Waals surface area contributed by atoms with Crippen LogP contribution in [-0.4, -0.2) is 23.9 Å². The van der Waals surface area contributed by atoms with Crippen molar-refractivity contribution in [1.29, 1.82) is 0 Å². The van der Waals surface area contributed by atoms with Crippen molar-refractivity contribution < 1.29 is 45.8 Å². The van der Waals surface area contributed by atoms with Gasteiger partial charge in [-0.25, -0.2) is 9.36 Å². The number of halogens is 1. The second-order valence-electron chi connectivity index (χ2n) is 10.7. The molecule has 4 rings (SSSR count). The third-order valence-electron chi connectivity index (χ3n) is 6.64. The lowest BCUT2D eigenvalue weighted by Gasteiger charge is -2.30. The minimum absolute atomic E-state index is 0. The van der Waals surface area contributed by atoms with Crippen molar-refractivity contribution in [2.75, 3.05) is 0 Å². The molecule has 0 aromatic heterocycles. The number of amides is 2. The van der Waals surface area contributed by atoms with Crippen LogP contribution in [0.1, 0.15) is 42.7 Å². The molecule has 0 bridgehead atoms. The molecule has 46 heavy (non-hydrogen) atoms.